The van der Waals surface area contributed by atoms with Gasteiger partial charge >= 0.3 is 0 Å². The van der Waals surface area contributed by atoms with E-state index in [0.717, 1.165) is 22.0 Å². The Balaban J connectivity index is 1.71. The molecular formula is C18H19IN2O4S. The van der Waals surface area contributed by atoms with Crippen molar-refractivity contribution < 1.29 is 17.9 Å². The Morgan fingerprint density at radius 3 is 2.69 bits per heavy atom. The zero-order valence-electron chi connectivity index (χ0n) is 14.4. The fourth-order valence-corrected chi connectivity index (χ4v) is 4.23. The van der Waals surface area contributed by atoms with Crippen molar-refractivity contribution in [3.63, 3.8) is 0 Å². The van der Waals surface area contributed by atoms with Crippen molar-refractivity contribution in [2.45, 2.75) is 17.4 Å². The molecule has 1 heterocycles. The molecular weight excluding hydrogens is 467 g/mol. The summed E-state index contributed by atoms with van der Waals surface area (Å²) in [5, 5.41) is 2.85. The van der Waals surface area contributed by atoms with Gasteiger partial charge in [0.25, 0.3) is 5.91 Å². The Morgan fingerprint density at radius 1 is 1.27 bits per heavy atom. The first-order chi connectivity index (χ1) is 12.3. The number of nitrogens with zero attached hydrogens (tertiary/aromatic N) is 1. The summed E-state index contributed by atoms with van der Waals surface area (Å²) in [5.41, 5.74) is 1.46. The van der Waals surface area contributed by atoms with Crippen LogP contribution in [-0.4, -0.2) is 45.4 Å². The highest BCUT2D eigenvalue weighted by molar-refractivity contribution is 14.1. The van der Waals surface area contributed by atoms with Crippen molar-refractivity contribution in [1.29, 1.82) is 0 Å². The second-order valence-electron chi connectivity index (χ2n) is 6.19. The number of nitrogens with one attached hydrogen (secondary N) is 1. The lowest BCUT2D eigenvalue weighted by molar-refractivity contribution is 0.0932. The smallest absolute Gasteiger partial charge is 0.252 e. The summed E-state index contributed by atoms with van der Waals surface area (Å²) in [5.74, 6) is 0.533. The predicted molar refractivity (Wildman–Crippen MR) is 107 cm³/mol. The minimum atomic E-state index is -3.59. The quantitative estimate of drug-likeness (QED) is 0.659. The average molecular weight is 486 g/mol. The van der Waals surface area contributed by atoms with Gasteiger partial charge in [-0.15, -0.1) is 0 Å². The fourth-order valence-electron chi connectivity index (χ4n) is 2.72. The number of benzene rings is 2. The molecule has 1 amide bonds. The van der Waals surface area contributed by atoms with Crippen LogP contribution in [0.25, 0.3) is 0 Å². The number of carbonyl (C=O) groups excluding carboxylic acids is 1. The van der Waals surface area contributed by atoms with E-state index in [1.165, 1.54) is 26.2 Å². The number of rotatable bonds is 5. The minimum Gasteiger partial charge on any atom is -0.488 e. The van der Waals surface area contributed by atoms with Gasteiger partial charge in [-0.1, -0.05) is 18.2 Å². The normalized spacial score (nSPS) is 16.2. The molecule has 0 radical (unpaired) electrons. The number of para-hydroxylation sites is 1. The summed E-state index contributed by atoms with van der Waals surface area (Å²) in [6.45, 7) is 0.355. The van der Waals surface area contributed by atoms with Crippen LogP contribution < -0.4 is 10.1 Å². The molecule has 0 saturated heterocycles. The van der Waals surface area contributed by atoms with Gasteiger partial charge in [0.15, 0.2) is 0 Å². The molecule has 3 rings (SSSR count). The molecule has 1 unspecified atom stereocenters. The molecule has 2 aromatic rings. The molecule has 1 aliphatic rings. The van der Waals surface area contributed by atoms with E-state index in [2.05, 4.69) is 5.32 Å². The summed E-state index contributed by atoms with van der Waals surface area (Å²) in [7, 11) is -0.670. The van der Waals surface area contributed by atoms with Crippen molar-refractivity contribution in [1.82, 2.24) is 9.62 Å². The Morgan fingerprint density at radius 2 is 2.00 bits per heavy atom. The molecule has 0 aliphatic carbocycles. The third kappa shape index (κ3) is 3.86. The van der Waals surface area contributed by atoms with Crippen molar-refractivity contribution in [3.8, 4) is 5.75 Å². The Labute approximate surface area is 166 Å². The van der Waals surface area contributed by atoms with Crippen LogP contribution in [0.2, 0.25) is 0 Å². The van der Waals surface area contributed by atoms with Gasteiger partial charge in [-0.2, -0.15) is 0 Å². The van der Waals surface area contributed by atoms with E-state index in [4.69, 9.17) is 4.74 Å². The summed E-state index contributed by atoms with van der Waals surface area (Å²) in [6.07, 6.45) is 0.616. The molecule has 0 spiro atoms. The maximum absolute atomic E-state index is 12.6. The second-order valence-corrected chi connectivity index (χ2v) is 9.50. The number of carbonyl (C=O) groups is 1. The van der Waals surface area contributed by atoms with Crippen molar-refractivity contribution in [3.05, 3.63) is 57.2 Å². The molecule has 0 fully saturated rings. The van der Waals surface area contributed by atoms with Crippen LogP contribution in [0.15, 0.2) is 47.4 Å². The number of fused-ring (bicyclic) bond motifs is 1. The first-order valence-corrected chi connectivity index (χ1v) is 10.6. The second kappa shape index (κ2) is 7.53. The van der Waals surface area contributed by atoms with Gasteiger partial charge < -0.3 is 10.1 Å². The van der Waals surface area contributed by atoms with Crippen molar-refractivity contribution in [2.24, 2.45) is 0 Å². The van der Waals surface area contributed by atoms with Gasteiger partial charge in [-0.25, -0.2) is 12.7 Å². The van der Waals surface area contributed by atoms with Crippen molar-refractivity contribution in [2.75, 3.05) is 20.6 Å². The van der Waals surface area contributed by atoms with E-state index in [-0.39, 0.29) is 16.9 Å². The number of hydrogen-bond donors (Lipinski definition) is 1. The van der Waals surface area contributed by atoms with Gasteiger partial charge in [0.1, 0.15) is 11.9 Å². The van der Waals surface area contributed by atoms with Crippen LogP contribution in [0.1, 0.15) is 15.9 Å². The maximum Gasteiger partial charge on any atom is 0.252 e. The topological polar surface area (TPSA) is 75.7 Å². The number of hydrogen-bond acceptors (Lipinski definition) is 4. The molecule has 2 aromatic carbocycles. The lowest BCUT2D eigenvalue weighted by Crippen LogP contribution is -2.35. The molecule has 0 saturated carbocycles. The number of ether oxygens (including phenoxy) is 1. The standard InChI is InChI=1S/C18H19IN2O4S/c1-21(2)26(23,24)14-7-8-16(19)15(10-14)18(22)20-11-13-9-12-5-3-4-6-17(12)25-13/h3-8,10,13H,9,11H2,1-2H3,(H,20,22). The van der Waals surface area contributed by atoms with Crippen LogP contribution in [0.5, 0.6) is 5.75 Å². The van der Waals surface area contributed by atoms with Gasteiger partial charge in [0.2, 0.25) is 10.0 Å². The first kappa shape index (κ1) is 19.1. The van der Waals surface area contributed by atoms with E-state index < -0.39 is 10.0 Å². The van der Waals surface area contributed by atoms with Crippen LogP contribution in [0.3, 0.4) is 0 Å². The van der Waals surface area contributed by atoms with E-state index in [1.54, 1.807) is 6.07 Å². The lowest BCUT2D eigenvalue weighted by Gasteiger charge is -2.15. The third-order valence-electron chi connectivity index (χ3n) is 4.17. The highest BCUT2D eigenvalue weighted by Crippen LogP contribution is 2.28. The molecule has 26 heavy (non-hydrogen) atoms. The van der Waals surface area contributed by atoms with Gasteiger partial charge in [-0.05, 0) is 52.4 Å². The predicted octanol–water partition coefficient (Wildman–Crippen LogP) is 2.28. The molecule has 1 atom stereocenters. The SMILES string of the molecule is CN(C)S(=O)(=O)c1ccc(I)c(C(=O)NCC2Cc3ccccc3O2)c1. The highest BCUT2D eigenvalue weighted by atomic mass is 127. The highest BCUT2D eigenvalue weighted by Gasteiger charge is 2.24. The van der Waals surface area contributed by atoms with Crippen LogP contribution >= 0.6 is 22.6 Å². The summed E-state index contributed by atoms with van der Waals surface area (Å²) < 4.78 is 32.2. The molecule has 0 bridgehead atoms. The summed E-state index contributed by atoms with van der Waals surface area (Å²) in [6, 6.07) is 12.3. The van der Waals surface area contributed by atoms with Crippen molar-refractivity contribution >= 4 is 38.5 Å². The van der Waals surface area contributed by atoms with Crippen LogP contribution in [0.4, 0.5) is 0 Å². The van der Waals surface area contributed by atoms with Gasteiger partial charge in [-0.3, -0.25) is 4.79 Å². The average Bonchev–Trinajstić information content (AvgIpc) is 3.02. The molecule has 138 valence electrons. The largest absolute Gasteiger partial charge is 0.488 e. The van der Waals surface area contributed by atoms with Crippen LogP contribution in [0, 0.1) is 3.57 Å². The fraction of sp³-hybridized carbons (Fsp3) is 0.278. The number of amides is 1. The third-order valence-corrected chi connectivity index (χ3v) is 6.92. The minimum absolute atomic E-state index is 0.0950. The van der Waals surface area contributed by atoms with E-state index in [1.807, 2.05) is 46.9 Å². The monoisotopic (exact) mass is 486 g/mol. The Kier molecular flexibility index (Phi) is 5.54. The lowest BCUT2D eigenvalue weighted by atomic mass is 10.1. The summed E-state index contributed by atoms with van der Waals surface area (Å²) >= 11 is 2.03. The van der Waals surface area contributed by atoms with Gasteiger partial charge in [0.05, 0.1) is 17.0 Å². The first-order valence-electron chi connectivity index (χ1n) is 8.04. The number of sulfonamides is 1. The molecule has 1 N–H and O–H groups in total. The van der Waals surface area contributed by atoms with E-state index >= 15 is 0 Å². The molecule has 0 aromatic heterocycles. The number of halogens is 1. The zero-order chi connectivity index (χ0) is 18.9. The van der Waals surface area contributed by atoms with Gasteiger partial charge in [0, 0.05) is 24.1 Å². The Hall–Kier alpha value is -1.65. The zero-order valence-corrected chi connectivity index (χ0v) is 17.4. The maximum atomic E-state index is 12.6. The van der Waals surface area contributed by atoms with E-state index in [9.17, 15) is 13.2 Å². The Bertz CT molecular complexity index is 919. The molecule has 8 heteroatoms. The molecule has 6 nitrogen and oxygen atoms in total. The van der Waals surface area contributed by atoms with E-state index in [0.29, 0.717) is 15.7 Å². The summed E-state index contributed by atoms with van der Waals surface area (Å²) in [4.78, 5) is 12.7. The molecule has 1 aliphatic heterocycles. The van der Waals surface area contributed by atoms with Crippen LogP contribution in [-0.2, 0) is 16.4 Å².